The summed E-state index contributed by atoms with van der Waals surface area (Å²) in [5.41, 5.74) is 4.05. The second-order valence-corrected chi connectivity index (χ2v) is 12.0. The second kappa shape index (κ2) is 9.72. The van der Waals surface area contributed by atoms with Gasteiger partial charge in [0.15, 0.2) is 5.82 Å². The Morgan fingerprint density at radius 3 is 2.79 bits per heavy atom. The van der Waals surface area contributed by atoms with Crippen LogP contribution in [0, 0.1) is 6.07 Å². The number of aromatic nitrogens is 2. The summed E-state index contributed by atoms with van der Waals surface area (Å²) in [5.74, 6) is 1.54. The minimum atomic E-state index is -2.52. The van der Waals surface area contributed by atoms with Crippen LogP contribution in [-0.2, 0) is 17.5 Å². The molecule has 0 unspecified atom stereocenters. The maximum atomic E-state index is 12.7. The molecule has 0 atom stereocenters. The van der Waals surface area contributed by atoms with E-state index in [1.54, 1.807) is 32.6 Å². The molecule has 2 heterocycles. The fourth-order valence-corrected chi connectivity index (χ4v) is 5.15. The molecule has 0 saturated heterocycles. The van der Waals surface area contributed by atoms with Crippen molar-refractivity contribution in [3.05, 3.63) is 58.7 Å². The van der Waals surface area contributed by atoms with Crippen LogP contribution in [0.15, 0.2) is 36.5 Å². The maximum absolute atomic E-state index is 12.7. The predicted octanol–water partition coefficient (Wildman–Crippen LogP) is 5.05. The first-order valence-corrected chi connectivity index (χ1v) is 13.8. The number of halogens is 1. The summed E-state index contributed by atoms with van der Waals surface area (Å²) in [6.07, 6.45) is 2.54. The molecule has 173 valence electrons. The molecule has 0 aliphatic carbocycles. The summed E-state index contributed by atoms with van der Waals surface area (Å²) < 4.78 is 18.3. The van der Waals surface area contributed by atoms with Gasteiger partial charge in [-0.05, 0) is 67.8 Å². The average molecular weight is 485 g/mol. The van der Waals surface area contributed by atoms with Crippen molar-refractivity contribution in [1.29, 1.82) is 0 Å². The monoisotopic (exact) mass is 484 g/mol. The van der Waals surface area contributed by atoms with Crippen LogP contribution in [-0.4, -0.2) is 48.4 Å². The first-order valence-electron chi connectivity index (χ1n) is 10.8. The Morgan fingerprint density at radius 1 is 1.24 bits per heavy atom. The standard InChI is InChI=1S/C24H28ClN5O2P/c1-5-30-11-10-16-13-21(32-2)20(12-17(16)15-30)28-24-26-14-18(25)23(29-24)27-19-8-6-7-9-22(19)33(3,4)31/h6,8-9,12-14H,5,10-11,15H2,1-4H3,(H2,26,27,28,29). The fourth-order valence-electron chi connectivity index (χ4n) is 3.92. The van der Waals surface area contributed by atoms with E-state index >= 15 is 0 Å². The number of rotatable bonds is 7. The van der Waals surface area contributed by atoms with E-state index in [4.69, 9.17) is 16.3 Å². The van der Waals surface area contributed by atoms with Crippen LogP contribution in [0.3, 0.4) is 0 Å². The molecule has 0 fully saturated rings. The van der Waals surface area contributed by atoms with Crippen molar-refractivity contribution in [2.45, 2.75) is 19.9 Å². The lowest BCUT2D eigenvalue weighted by Gasteiger charge is -2.28. The van der Waals surface area contributed by atoms with Crippen LogP contribution in [0.25, 0.3) is 0 Å². The minimum Gasteiger partial charge on any atom is -0.495 e. The lowest BCUT2D eigenvalue weighted by Crippen LogP contribution is -2.30. The molecule has 0 saturated carbocycles. The third kappa shape index (κ3) is 5.32. The molecule has 3 aromatic rings. The highest BCUT2D eigenvalue weighted by atomic mass is 35.5. The number of hydrogen-bond donors (Lipinski definition) is 2. The summed E-state index contributed by atoms with van der Waals surface area (Å²) >= 11 is 6.38. The molecule has 0 bridgehead atoms. The third-order valence-corrected chi connectivity index (χ3v) is 7.53. The molecule has 1 aromatic heterocycles. The van der Waals surface area contributed by atoms with Gasteiger partial charge < -0.3 is 19.9 Å². The van der Waals surface area contributed by atoms with E-state index in [1.807, 2.05) is 6.07 Å². The molecule has 2 N–H and O–H groups in total. The van der Waals surface area contributed by atoms with E-state index in [0.29, 0.717) is 27.8 Å². The molecule has 1 aliphatic heterocycles. The Bertz CT molecular complexity index is 1210. The zero-order chi connectivity index (χ0) is 23.6. The van der Waals surface area contributed by atoms with Gasteiger partial charge in [0.25, 0.3) is 0 Å². The Morgan fingerprint density at radius 2 is 2.06 bits per heavy atom. The van der Waals surface area contributed by atoms with Gasteiger partial charge >= 0.3 is 0 Å². The molecule has 33 heavy (non-hydrogen) atoms. The number of ether oxygens (including phenoxy) is 1. The highest BCUT2D eigenvalue weighted by molar-refractivity contribution is 7.70. The van der Waals surface area contributed by atoms with Gasteiger partial charge in [-0.3, -0.25) is 4.90 Å². The summed E-state index contributed by atoms with van der Waals surface area (Å²) in [6, 6.07) is 12.5. The molecule has 0 spiro atoms. The summed E-state index contributed by atoms with van der Waals surface area (Å²) in [4.78, 5) is 11.3. The van der Waals surface area contributed by atoms with E-state index < -0.39 is 7.14 Å². The number of nitrogens with one attached hydrogen (secondary N) is 2. The molecular formula is C24H28ClN5O2P. The number of methoxy groups -OCH3 is 1. The molecule has 0 amide bonds. The Kier molecular flexibility index (Phi) is 6.94. The van der Waals surface area contributed by atoms with Crippen molar-refractivity contribution in [2.24, 2.45) is 0 Å². The fraction of sp³-hybridized carbons (Fsp3) is 0.333. The van der Waals surface area contributed by atoms with Crippen LogP contribution >= 0.6 is 18.7 Å². The first-order chi connectivity index (χ1) is 15.8. The summed E-state index contributed by atoms with van der Waals surface area (Å²) in [6.45, 7) is 8.59. The molecule has 2 aromatic carbocycles. The van der Waals surface area contributed by atoms with Crippen LogP contribution in [0.2, 0.25) is 5.02 Å². The first kappa shape index (κ1) is 23.6. The number of benzene rings is 2. The smallest absolute Gasteiger partial charge is 0.229 e. The lowest BCUT2D eigenvalue weighted by molar-refractivity contribution is 0.267. The normalized spacial score (nSPS) is 14.0. The largest absolute Gasteiger partial charge is 0.495 e. The average Bonchev–Trinajstić information content (AvgIpc) is 2.80. The topological polar surface area (TPSA) is 79.4 Å². The number of nitrogens with zero attached hydrogens (tertiary/aromatic N) is 3. The summed E-state index contributed by atoms with van der Waals surface area (Å²) in [5, 5.41) is 7.54. The van der Waals surface area contributed by atoms with Gasteiger partial charge in [0.2, 0.25) is 5.95 Å². The van der Waals surface area contributed by atoms with Gasteiger partial charge in [-0.1, -0.05) is 24.6 Å². The van der Waals surface area contributed by atoms with Crippen molar-refractivity contribution in [3.8, 4) is 5.75 Å². The van der Waals surface area contributed by atoms with Crippen molar-refractivity contribution in [3.63, 3.8) is 0 Å². The summed E-state index contributed by atoms with van der Waals surface area (Å²) in [7, 11) is -0.863. The van der Waals surface area contributed by atoms with Gasteiger partial charge in [0.05, 0.1) is 24.7 Å². The third-order valence-electron chi connectivity index (χ3n) is 5.73. The van der Waals surface area contributed by atoms with Crippen molar-refractivity contribution in [1.82, 2.24) is 14.9 Å². The molecular weight excluding hydrogens is 457 g/mol. The zero-order valence-corrected chi connectivity index (χ0v) is 20.9. The molecule has 9 heteroatoms. The highest BCUT2D eigenvalue weighted by Gasteiger charge is 2.20. The van der Waals surface area contributed by atoms with Crippen molar-refractivity contribution in [2.75, 3.05) is 44.2 Å². The minimum absolute atomic E-state index is 0.359. The molecule has 1 aliphatic rings. The van der Waals surface area contributed by atoms with E-state index in [-0.39, 0.29) is 0 Å². The molecule has 7 nitrogen and oxygen atoms in total. The SMILES string of the molecule is CCN1CCc2cc(OC)c(Nc3ncc(Cl)c(Nc4cc[c]cc4P(C)(C)=O)n3)cc2C1. The van der Waals surface area contributed by atoms with Gasteiger partial charge in [-0.15, -0.1) is 0 Å². The number of hydrogen-bond acceptors (Lipinski definition) is 7. The van der Waals surface area contributed by atoms with Crippen LogP contribution in [0.1, 0.15) is 18.1 Å². The zero-order valence-electron chi connectivity index (χ0n) is 19.3. The lowest BCUT2D eigenvalue weighted by atomic mass is 9.98. The van der Waals surface area contributed by atoms with Gasteiger partial charge in [-0.25, -0.2) is 4.98 Å². The van der Waals surface area contributed by atoms with E-state index in [2.05, 4.69) is 50.6 Å². The van der Waals surface area contributed by atoms with E-state index in [1.165, 1.54) is 17.3 Å². The van der Waals surface area contributed by atoms with Crippen molar-refractivity contribution < 1.29 is 9.30 Å². The van der Waals surface area contributed by atoms with Gasteiger partial charge in [0, 0.05) is 18.4 Å². The van der Waals surface area contributed by atoms with Crippen LogP contribution < -0.4 is 20.7 Å². The quantitative estimate of drug-likeness (QED) is 0.454. The van der Waals surface area contributed by atoms with Gasteiger partial charge in [-0.2, -0.15) is 4.98 Å². The van der Waals surface area contributed by atoms with Crippen molar-refractivity contribution >= 4 is 47.2 Å². The number of likely N-dealkylation sites (N-methyl/N-ethyl adjacent to an activating group) is 1. The predicted molar refractivity (Wildman–Crippen MR) is 136 cm³/mol. The Hall–Kier alpha value is -2.60. The van der Waals surface area contributed by atoms with E-state index in [0.717, 1.165) is 37.5 Å². The Balaban J connectivity index is 1.64. The van der Waals surface area contributed by atoms with Crippen LogP contribution in [0.5, 0.6) is 5.75 Å². The maximum Gasteiger partial charge on any atom is 0.229 e. The van der Waals surface area contributed by atoms with Crippen LogP contribution in [0.4, 0.5) is 23.1 Å². The number of fused-ring (bicyclic) bond motifs is 1. The molecule has 4 rings (SSSR count). The molecule has 1 radical (unpaired) electrons. The number of anilines is 4. The Labute approximate surface area is 199 Å². The van der Waals surface area contributed by atoms with Gasteiger partial charge in [0.1, 0.15) is 17.9 Å². The highest BCUT2D eigenvalue weighted by Crippen LogP contribution is 2.39. The second-order valence-electron chi connectivity index (χ2n) is 8.37. The van der Waals surface area contributed by atoms with E-state index in [9.17, 15) is 4.57 Å².